The van der Waals surface area contributed by atoms with Crippen LogP contribution < -0.4 is 4.74 Å². The maximum absolute atomic E-state index is 6.10. The van der Waals surface area contributed by atoms with E-state index < -0.39 is 0 Å². The Balaban J connectivity index is 3.30. The van der Waals surface area contributed by atoms with Crippen molar-refractivity contribution < 1.29 is 4.74 Å². The fourth-order valence-corrected chi connectivity index (χ4v) is 2.03. The summed E-state index contributed by atoms with van der Waals surface area (Å²) in [5, 5.41) is 0.827. The number of hydrogen-bond donors (Lipinski definition) is 0. The topological polar surface area (TPSA) is 9.23 Å². The summed E-state index contributed by atoms with van der Waals surface area (Å²) in [6.45, 7) is 6.31. The molecule has 0 saturated carbocycles. The van der Waals surface area contributed by atoms with Gasteiger partial charge in [-0.2, -0.15) is 0 Å². The van der Waals surface area contributed by atoms with Gasteiger partial charge >= 0.3 is 0 Å². The molecule has 0 bridgehead atoms. The SMILES string of the molecule is COc1ccc(Cl)c(C(C)C)c1C. The Morgan fingerprint density at radius 3 is 2.38 bits per heavy atom. The zero-order valence-corrected chi connectivity index (χ0v) is 9.27. The van der Waals surface area contributed by atoms with Crippen LogP contribution in [0.1, 0.15) is 30.9 Å². The lowest BCUT2D eigenvalue weighted by Crippen LogP contribution is -1.96. The van der Waals surface area contributed by atoms with Gasteiger partial charge in [0.05, 0.1) is 7.11 Å². The van der Waals surface area contributed by atoms with E-state index in [2.05, 4.69) is 13.8 Å². The third-order valence-electron chi connectivity index (χ3n) is 2.21. The Hall–Kier alpha value is -0.690. The molecule has 0 spiro atoms. The van der Waals surface area contributed by atoms with Crippen molar-refractivity contribution in [1.82, 2.24) is 0 Å². The molecule has 1 aromatic carbocycles. The van der Waals surface area contributed by atoms with Crippen LogP contribution in [0.15, 0.2) is 12.1 Å². The molecule has 1 rings (SSSR count). The van der Waals surface area contributed by atoms with Gasteiger partial charge in [0.2, 0.25) is 0 Å². The standard InChI is InChI=1S/C11H15ClO/c1-7(2)11-8(3)10(13-4)6-5-9(11)12/h5-7H,1-4H3. The summed E-state index contributed by atoms with van der Waals surface area (Å²) in [4.78, 5) is 0. The molecule has 0 aliphatic heterocycles. The van der Waals surface area contributed by atoms with Crippen LogP contribution in [0.2, 0.25) is 5.02 Å². The van der Waals surface area contributed by atoms with Crippen molar-refractivity contribution in [2.45, 2.75) is 26.7 Å². The fraction of sp³-hybridized carbons (Fsp3) is 0.455. The monoisotopic (exact) mass is 198 g/mol. The van der Waals surface area contributed by atoms with Gasteiger partial charge in [-0.25, -0.2) is 0 Å². The minimum Gasteiger partial charge on any atom is -0.496 e. The second kappa shape index (κ2) is 4.01. The van der Waals surface area contributed by atoms with Crippen molar-refractivity contribution in [3.63, 3.8) is 0 Å². The summed E-state index contributed by atoms with van der Waals surface area (Å²) in [5.74, 6) is 1.34. The number of rotatable bonds is 2. The van der Waals surface area contributed by atoms with Gasteiger partial charge in [0.15, 0.2) is 0 Å². The fourth-order valence-electron chi connectivity index (χ4n) is 1.61. The van der Waals surface area contributed by atoms with Crippen LogP contribution in [0.5, 0.6) is 5.75 Å². The van der Waals surface area contributed by atoms with Crippen molar-refractivity contribution in [1.29, 1.82) is 0 Å². The van der Waals surface area contributed by atoms with Crippen LogP contribution in [0.25, 0.3) is 0 Å². The van der Waals surface area contributed by atoms with Gasteiger partial charge in [-0.15, -0.1) is 0 Å². The lowest BCUT2D eigenvalue weighted by Gasteiger charge is -2.14. The van der Waals surface area contributed by atoms with Crippen LogP contribution in [-0.2, 0) is 0 Å². The minimum absolute atomic E-state index is 0.433. The highest BCUT2D eigenvalue weighted by Gasteiger charge is 2.11. The molecule has 0 atom stereocenters. The molecule has 0 N–H and O–H groups in total. The first-order valence-corrected chi connectivity index (χ1v) is 4.78. The molecule has 0 unspecified atom stereocenters. The van der Waals surface area contributed by atoms with Crippen molar-refractivity contribution in [3.8, 4) is 5.75 Å². The predicted octanol–water partition coefficient (Wildman–Crippen LogP) is 3.78. The maximum Gasteiger partial charge on any atom is 0.122 e. The van der Waals surface area contributed by atoms with E-state index in [1.807, 2.05) is 19.1 Å². The Morgan fingerprint density at radius 1 is 1.31 bits per heavy atom. The molecule has 1 nitrogen and oxygen atoms in total. The lowest BCUT2D eigenvalue weighted by atomic mass is 9.97. The summed E-state index contributed by atoms with van der Waals surface area (Å²) < 4.78 is 5.23. The number of methoxy groups -OCH3 is 1. The van der Waals surface area contributed by atoms with Crippen LogP contribution >= 0.6 is 11.6 Å². The van der Waals surface area contributed by atoms with Gasteiger partial charge in [0.1, 0.15) is 5.75 Å². The van der Waals surface area contributed by atoms with Crippen LogP contribution in [0.3, 0.4) is 0 Å². The van der Waals surface area contributed by atoms with Crippen molar-refractivity contribution in [2.24, 2.45) is 0 Å². The zero-order chi connectivity index (χ0) is 10.0. The highest BCUT2D eigenvalue weighted by Crippen LogP contribution is 2.32. The van der Waals surface area contributed by atoms with Gasteiger partial charge in [0, 0.05) is 5.02 Å². The zero-order valence-electron chi connectivity index (χ0n) is 8.52. The summed E-state index contributed by atoms with van der Waals surface area (Å²) >= 11 is 6.10. The van der Waals surface area contributed by atoms with E-state index in [4.69, 9.17) is 16.3 Å². The largest absolute Gasteiger partial charge is 0.496 e. The predicted molar refractivity (Wildman–Crippen MR) is 56.8 cm³/mol. The van der Waals surface area contributed by atoms with Crippen LogP contribution in [0, 0.1) is 6.92 Å². The molecule has 0 heterocycles. The summed E-state index contributed by atoms with van der Waals surface area (Å²) in [6, 6.07) is 3.80. The molecule has 0 fully saturated rings. The van der Waals surface area contributed by atoms with Crippen molar-refractivity contribution in [2.75, 3.05) is 7.11 Å². The molecule has 72 valence electrons. The summed E-state index contributed by atoms with van der Waals surface area (Å²) in [7, 11) is 1.68. The Labute approximate surface area is 84.7 Å². The first-order valence-electron chi connectivity index (χ1n) is 4.41. The number of hydrogen-bond acceptors (Lipinski definition) is 1. The third-order valence-corrected chi connectivity index (χ3v) is 2.54. The smallest absolute Gasteiger partial charge is 0.122 e. The average Bonchev–Trinajstić information content (AvgIpc) is 2.04. The van der Waals surface area contributed by atoms with Crippen molar-refractivity contribution in [3.05, 3.63) is 28.3 Å². The molecule has 0 radical (unpaired) electrons. The summed E-state index contributed by atoms with van der Waals surface area (Å²) in [5.41, 5.74) is 2.33. The number of halogens is 1. The lowest BCUT2D eigenvalue weighted by molar-refractivity contribution is 0.410. The van der Waals surface area contributed by atoms with E-state index >= 15 is 0 Å². The van der Waals surface area contributed by atoms with Crippen LogP contribution in [-0.4, -0.2) is 7.11 Å². The Bertz CT molecular complexity index is 305. The molecule has 1 aromatic rings. The van der Waals surface area contributed by atoms with Gasteiger partial charge in [-0.1, -0.05) is 25.4 Å². The van der Waals surface area contributed by atoms with Gasteiger partial charge in [-0.05, 0) is 36.1 Å². The van der Waals surface area contributed by atoms with Gasteiger partial charge in [0.25, 0.3) is 0 Å². The third kappa shape index (κ3) is 1.97. The second-order valence-electron chi connectivity index (χ2n) is 3.44. The Morgan fingerprint density at radius 2 is 1.92 bits per heavy atom. The maximum atomic E-state index is 6.10. The quantitative estimate of drug-likeness (QED) is 0.703. The van der Waals surface area contributed by atoms with E-state index in [0.29, 0.717) is 5.92 Å². The van der Waals surface area contributed by atoms with E-state index in [9.17, 15) is 0 Å². The number of ether oxygens (including phenoxy) is 1. The van der Waals surface area contributed by atoms with Gasteiger partial charge < -0.3 is 4.74 Å². The first kappa shape index (κ1) is 10.4. The Kier molecular flexibility index (Phi) is 3.21. The minimum atomic E-state index is 0.433. The van der Waals surface area contributed by atoms with E-state index in [1.54, 1.807) is 7.11 Å². The van der Waals surface area contributed by atoms with Crippen LogP contribution in [0.4, 0.5) is 0 Å². The molecular formula is C11H15ClO. The molecule has 2 heteroatoms. The highest BCUT2D eigenvalue weighted by atomic mass is 35.5. The normalized spacial score (nSPS) is 10.6. The molecule has 0 aliphatic carbocycles. The molecule has 0 aromatic heterocycles. The first-order chi connectivity index (χ1) is 6.07. The highest BCUT2D eigenvalue weighted by molar-refractivity contribution is 6.31. The van der Waals surface area contributed by atoms with Gasteiger partial charge in [-0.3, -0.25) is 0 Å². The second-order valence-corrected chi connectivity index (χ2v) is 3.85. The van der Waals surface area contributed by atoms with Crippen molar-refractivity contribution >= 4 is 11.6 Å². The van der Waals surface area contributed by atoms with E-state index in [-0.39, 0.29) is 0 Å². The molecule has 0 aliphatic rings. The number of benzene rings is 1. The molecular weight excluding hydrogens is 184 g/mol. The van der Waals surface area contributed by atoms with E-state index in [1.165, 1.54) is 5.56 Å². The van der Waals surface area contributed by atoms with E-state index in [0.717, 1.165) is 16.3 Å². The average molecular weight is 199 g/mol. The molecule has 13 heavy (non-hydrogen) atoms. The molecule has 0 saturated heterocycles. The molecule has 0 amide bonds. The summed E-state index contributed by atoms with van der Waals surface area (Å²) in [6.07, 6.45) is 0.